The second-order valence-electron chi connectivity index (χ2n) is 14.4. The van der Waals surface area contributed by atoms with Crippen LogP contribution in [0.25, 0.3) is 0 Å². The van der Waals surface area contributed by atoms with Gasteiger partial charge in [-0.05, 0) is 70.6 Å². The Morgan fingerprint density at radius 2 is 1.09 bits per heavy atom. The number of allylic oxidation sites excluding steroid dienone is 15. The van der Waals surface area contributed by atoms with Crippen LogP contribution in [0, 0.1) is 0 Å². The average molecular weight is 945 g/mol. The van der Waals surface area contributed by atoms with Gasteiger partial charge in [0, 0.05) is 12.8 Å². The Bertz CT molecular complexity index is 1590. The maximum Gasteiger partial charge on any atom is 0.472 e. The van der Waals surface area contributed by atoms with Gasteiger partial charge < -0.3 is 44.6 Å². The van der Waals surface area contributed by atoms with Crippen LogP contribution >= 0.6 is 15.6 Å². The van der Waals surface area contributed by atoms with Gasteiger partial charge in [-0.15, -0.1) is 0 Å². The third-order valence-electron chi connectivity index (χ3n) is 8.49. The number of hydrogen-bond donors (Lipinski definition) is 7. The summed E-state index contributed by atoms with van der Waals surface area (Å²) in [5.41, 5.74) is 0. The van der Waals surface area contributed by atoms with Crippen LogP contribution < -0.4 is 0 Å². The minimum atomic E-state index is -4.92. The van der Waals surface area contributed by atoms with Crippen molar-refractivity contribution in [3.8, 4) is 0 Å². The van der Waals surface area contributed by atoms with Crippen molar-refractivity contribution in [2.75, 3.05) is 26.4 Å². The van der Waals surface area contributed by atoms with Crippen molar-refractivity contribution in [1.82, 2.24) is 0 Å². The first-order valence-corrected chi connectivity index (χ1v) is 24.9. The van der Waals surface area contributed by atoms with Crippen LogP contribution in [0.3, 0.4) is 0 Å². The molecule has 364 valence electrons. The summed E-state index contributed by atoms with van der Waals surface area (Å²) in [6, 6.07) is 0. The van der Waals surface area contributed by atoms with Crippen molar-refractivity contribution in [1.29, 1.82) is 0 Å². The molecule has 18 heteroatoms. The Morgan fingerprint density at radius 3 is 1.73 bits per heavy atom. The summed E-state index contributed by atoms with van der Waals surface area (Å²) in [6.45, 7) is 1.00. The molecular formula is C46H74O16P2. The van der Waals surface area contributed by atoms with Gasteiger partial charge in [-0.1, -0.05) is 136 Å². The number of ether oxygens (including phenoxy) is 2. The second-order valence-corrected chi connectivity index (χ2v) is 17.1. The van der Waals surface area contributed by atoms with Crippen molar-refractivity contribution in [3.63, 3.8) is 0 Å². The zero-order valence-corrected chi connectivity index (χ0v) is 39.2. The van der Waals surface area contributed by atoms with Gasteiger partial charge in [0.1, 0.15) is 12.7 Å². The molecule has 1 unspecified atom stereocenters. The van der Waals surface area contributed by atoms with Crippen LogP contribution in [-0.2, 0) is 41.8 Å². The molecule has 0 amide bonds. The van der Waals surface area contributed by atoms with Crippen molar-refractivity contribution in [2.24, 2.45) is 0 Å². The molecule has 0 aliphatic rings. The van der Waals surface area contributed by atoms with Gasteiger partial charge in [0.2, 0.25) is 0 Å². The summed E-state index contributed by atoms with van der Waals surface area (Å²) < 4.78 is 47.5. The third kappa shape index (κ3) is 41.4. The standard InChI is InChI=1S/C46H74O16P2/c1-3-5-7-8-9-10-11-12-13-14-15-16-17-18-19-24-28-34-45(51)58-38-42(39-61-64(56,57)60-37-41(48)36-59-63(53,54)55)62-46(52)35-29-33-44(50)43(49)32-27-23-21-20-22-26-31-40(47)30-25-6-4-2/h5-7,9-10,12-13,15-16,20-23,25-27,31-32,40-44,47-50H,3-4,8,11,14,17-19,24,28-30,33-39H2,1-2H3,(H,56,57)(H2,53,54,55)/b7-5-,10-9-,13-12-,16-15-,22-20+,23-21-,25-6-,31-26+,32-27-/t40-,41-,42+,43+,44+/m0/s1. The van der Waals surface area contributed by atoms with Crippen LogP contribution in [0.2, 0.25) is 0 Å². The lowest BCUT2D eigenvalue weighted by Gasteiger charge is -2.21. The molecule has 0 rings (SSSR count). The predicted molar refractivity (Wildman–Crippen MR) is 247 cm³/mol. The first-order valence-electron chi connectivity index (χ1n) is 21.9. The molecule has 6 atom stereocenters. The molecule has 64 heavy (non-hydrogen) atoms. The van der Waals surface area contributed by atoms with Crippen molar-refractivity contribution in [2.45, 2.75) is 141 Å². The van der Waals surface area contributed by atoms with Crippen molar-refractivity contribution in [3.05, 3.63) is 109 Å². The first-order chi connectivity index (χ1) is 30.6. The Kier molecular flexibility index (Phi) is 37.9. The summed E-state index contributed by atoms with van der Waals surface area (Å²) in [5.74, 6) is -1.40. The highest BCUT2D eigenvalue weighted by atomic mass is 31.2. The quantitative estimate of drug-likeness (QED) is 0.0101. The average Bonchev–Trinajstić information content (AvgIpc) is 3.24. The molecular weight excluding hydrogens is 870 g/mol. The molecule has 0 saturated carbocycles. The number of carbonyl (C=O) groups excluding carboxylic acids is 2. The predicted octanol–water partition coefficient (Wildman–Crippen LogP) is 8.03. The van der Waals surface area contributed by atoms with Gasteiger partial charge >= 0.3 is 27.6 Å². The molecule has 0 bridgehead atoms. The molecule has 0 aliphatic heterocycles. The Hall–Kier alpha value is -3.34. The number of hydrogen-bond acceptors (Lipinski definition) is 13. The van der Waals surface area contributed by atoms with Crippen LogP contribution in [0.5, 0.6) is 0 Å². The summed E-state index contributed by atoms with van der Waals surface area (Å²) in [7, 11) is -9.84. The molecule has 0 radical (unpaired) electrons. The molecule has 0 aromatic rings. The molecule has 0 saturated heterocycles. The van der Waals surface area contributed by atoms with Crippen LogP contribution in [0.15, 0.2) is 109 Å². The highest BCUT2D eigenvalue weighted by molar-refractivity contribution is 7.47. The van der Waals surface area contributed by atoms with Crippen LogP contribution in [0.4, 0.5) is 0 Å². The number of phosphoric acid groups is 2. The van der Waals surface area contributed by atoms with E-state index in [-0.39, 0.29) is 25.7 Å². The van der Waals surface area contributed by atoms with E-state index in [1.54, 1.807) is 42.5 Å². The second kappa shape index (κ2) is 40.0. The van der Waals surface area contributed by atoms with Gasteiger partial charge in [0.15, 0.2) is 6.10 Å². The fraction of sp³-hybridized carbons (Fsp3) is 0.565. The molecule has 0 aliphatic carbocycles. The number of esters is 2. The zero-order valence-electron chi connectivity index (χ0n) is 37.4. The van der Waals surface area contributed by atoms with Gasteiger partial charge in [-0.25, -0.2) is 9.13 Å². The molecule has 16 nitrogen and oxygen atoms in total. The summed E-state index contributed by atoms with van der Waals surface area (Å²) >= 11 is 0. The number of aliphatic hydroxyl groups excluding tert-OH is 4. The lowest BCUT2D eigenvalue weighted by Crippen LogP contribution is -2.30. The minimum Gasteiger partial charge on any atom is -0.462 e. The maximum absolute atomic E-state index is 12.7. The number of aliphatic hydroxyl groups is 4. The SMILES string of the molecule is CC/C=C\C/C=C\C/C=C\C/C=C\CCCCCCC(=O)OC[C@H](COP(=O)(O)OC[C@@H](O)COP(=O)(O)O)OC(=O)CCC[C@@H](O)[C@H](O)\C=C/C=C\C=C\C=C\[C@@H](O)C/C=C\CC. The third-order valence-corrected chi connectivity index (χ3v) is 9.93. The lowest BCUT2D eigenvalue weighted by atomic mass is 10.1. The molecule has 0 heterocycles. The fourth-order valence-electron chi connectivity index (χ4n) is 5.09. The highest BCUT2D eigenvalue weighted by Crippen LogP contribution is 2.43. The van der Waals surface area contributed by atoms with Crippen LogP contribution in [-0.4, -0.2) is 104 Å². The van der Waals surface area contributed by atoms with E-state index in [0.717, 1.165) is 57.8 Å². The Balaban J connectivity index is 4.90. The first kappa shape index (κ1) is 60.7. The summed E-state index contributed by atoms with van der Waals surface area (Å²) in [4.78, 5) is 52.8. The minimum absolute atomic E-state index is 0.0120. The van der Waals surface area contributed by atoms with E-state index in [4.69, 9.17) is 23.8 Å². The van der Waals surface area contributed by atoms with E-state index in [9.17, 15) is 44.0 Å². The molecule has 7 N–H and O–H groups in total. The largest absolute Gasteiger partial charge is 0.472 e. The van der Waals surface area contributed by atoms with E-state index in [0.29, 0.717) is 12.8 Å². The van der Waals surface area contributed by atoms with Gasteiger partial charge in [-0.2, -0.15) is 0 Å². The topological polar surface area (TPSA) is 256 Å². The smallest absolute Gasteiger partial charge is 0.462 e. The van der Waals surface area contributed by atoms with Gasteiger partial charge in [-0.3, -0.25) is 23.2 Å². The highest BCUT2D eigenvalue weighted by Gasteiger charge is 2.28. The monoisotopic (exact) mass is 944 g/mol. The van der Waals surface area contributed by atoms with E-state index in [1.807, 2.05) is 19.1 Å². The molecule has 0 aromatic heterocycles. The normalized spacial score (nSPS) is 16.5. The molecule has 0 spiro atoms. The molecule has 0 fully saturated rings. The van der Waals surface area contributed by atoms with E-state index in [1.165, 1.54) is 6.08 Å². The number of carbonyl (C=O) groups is 2. The Morgan fingerprint density at radius 1 is 0.562 bits per heavy atom. The fourth-order valence-corrected chi connectivity index (χ4v) is 6.25. The van der Waals surface area contributed by atoms with Crippen molar-refractivity contribution < 1.29 is 76.9 Å². The van der Waals surface area contributed by atoms with E-state index < -0.39 is 84.5 Å². The van der Waals surface area contributed by atoms with E-state index >= 15 is 0 Å². The number of rotatable bonds is 39. The van der Waals surface area contributed by atoms with Crippen LogP contribution in [0.1, 0.15) is 110 Å². The Labute approximate surface area is 380 Å². The van der Waals surface area contributed by atoms with Gasteiger partial charge in [0.25, 0.3) is 0 Å². The number of phosphoric ester groups is 2. The zero-order chi connectivity index (χ0) is 47.7. The summed E-state index contributed by atoms with van der Waals surface area (Å²) in [6.07, 6.45) is 37.3. The lowest BCUT2D eigenvalue weighted by molar-refractivity contribution is -0.161. The van der Waals surface area contributed by atoms with Gasteiger partial charge in [0.05, 0.1) is 38.1 Å². The van der Waals surface area contributed by atoms with E-state index in [2.05, 4.69) is 64.6 Å². The number of unbranched alkanes of at least 4 members (excludes halogenated alkanes) is 4. The maximum atomic E-state index is 12.7. The summed E-state index contributed by atoms with van der Waals surface area (Å²) in [5, 5.41) is 40.2. The van der Waals surface area contributed by atoms with Crippen molar-refractivity contribution >= 4 is 27.6 Å². The molecule has 0 aromatic carbocycles.